The number of nitrogen functional groups attached to an aromatic ring is 1. The third kappa shape index (κ3) is 3.23. The summed E-state index contributed by atoms with van der Waals surface area (Å²) in [6.07, 6.45) is 0. The Hall–Kier alpha value is -2.18. The molecule has 0 aliphatic carbocycles. The van der Waals surface area contributed by atoms with Crippen LogP contribution in [0.25, 0.3) is 0 Å². The Morgan fingerprint density at radius 1 is 1.25 bits per heavy atom. The highest BCUT2D eigenvalue weighted by atomic mass is 35.5. The second kappa shape index (κ2) is 6.31. The van der Waals surface area contributed by atoms with Gasteiger partial charge in [-0.1, -0.05) is 23.7 Å². The van der Waals surface area contributed by atoms with Gasteiger partial charge >= 0.3 is 0 Å². The number of nitrogens with zero attached hydrogens (tertiary/aromatic N) is 2. The van der Waals surface area contributed by atoms with Crippen molar-refractivity contribution in [1.82, 2.24) is 0 Å². The van der Waals surface area contributed by atoms with Crippen LogP contribution in [0.4, 0.5) is 11.4 Å². The molecule has 0 saturated carbocycles. The van der Waals surface area contributed by atoms with Gasteiger partial charge in [-0.25, -0.2) is 0 Å². The van der Waals surface area contributed by atoms with E-state index in [4.69, 9.17) is 22.6 Å². The van der Waals surface area contributed by atoms with E-state index in [0.717, 1.165) is 30.0 Å². The number of rotatable bonds is 4. The summed E-state index contributed by atoms with van der Waals surface area (Å²) in [5.74, 6) is 0. The van der Waals surface area contributed by atoms with Crippen LogP contribution in [0, 0.1) is 11.3 Å². The molecule has 0 aromatic heterocycles. The van der Waals surface area contributed by atoms with E-state index in [1.165, 1.54) is 0 Å². The molecule has 0 saturated heterocycles. The summed E-state index contributed by atoms with van der Waals surface area (Å²) in [6.45, 7) is 3.68. The number of benzene rings is 2. The van der Waals surface area contributed by atoms with Crippen LogP contribution in [0.2, 0.25) is 5.02 Å². The third-order valence-electron chi connectivity index (χ3n) is 3.14. The minimum atomic E-state index is 0.482. The quantitative estimate of drug-likeness (QED) is 0.869. The standard InChI is InChI=1S/C16H16ClN3/c1-2-20(11-12-4-3-5-14(19)8-12)15-7-6-13(10-18)16(17)9-15/h3-9H,2,11,19H2,1H3. The maximum Gasteiger partial charge on any atom is 0.101 e. The molecule has 0 fully saturated rings. The molecule has 102 valence electrons. The van der Waals surface area contributed by atoms with Crippen molar-refractivity contribution in [1.29, 1.82) is 5.26 Å². The van der Waals surface area contributed by atoms with Crippen LogP contribution in [0.5, 0.6) is 0 Å². The summed E-state index contributed by atoms with van der Waals surface area (Å²) in [5, 5.41) is 9.39. The van der Waals surface area contributed by atoms with Gasteiger partial charge in [-0.15, -0.1) is 0 Å². The third-order valence-corrected chi connectivity index (χ3v) is 3.46. The first-order valence-electron chi connectivity index (χ1n) is 6.43. The van der Waals surface area contributed by atoms with Crippen molar-refractivity contribution in [2.75, 3.05) is 17.2 Å². The van der Waals surface area contributed by atoms with Crippen LogP contribution in [-0.2, 0) is 6.54 Å². The Bertz CT molecular complexity index is 646. The molecule has 0 unspecified atom stereocenters. The second-order valence-corrected chi connectivity index (χ2v) is 4.94. The Morgan fingerprint density at radius 2 is 2.05 bits per heavy atom. The average Bonchev–Trinajstić information content (AvgIpc) is 2.44. The zero-order chi connectivity index (χ0) is 14.5. The van der Waals surface area contributed by atoms with Gasteiger partial charge in [-0.2, -0.15) is 5.26 Å². The summed E-state index contributed by atoms with van der Waals surface area (Å²) in [5.41, 5.74) is 9.20. The molecular formula is C16H16ClN3. The lowest BCUT2D eigenvalue weighted by molar-refractivity contribution is 0.832. The van der Waals surface area contributed by atoms with E-state index in [0.29, 0.717) is 10.6 Å². The van der Waals surface area contributed by atoms with Crippen LogP contribution >= 0.6 is 11.6 Å². The molecule has 0 amide bonds. The molecule has 2 rings (SSSR count). The van der Waals surface area contributed by atoms with Gasteiger partial charge in [0.15, 0.2) is 0 Å². The zero-order valence-corrected chi connectivity index (χ0v) is 12.1. The summed E-state index contributed by atoms with van der Waals surface area (Å²) < 4.78 is 0. The van der Waals surface area contributed by atoms with Gasteiger partial charge in [0.05, 0.1) is 10.6 Å². The van der Waals surface area contributed by atoms with Crippen molar-refractivity contribution in [3.8, 4) is 6.07 Å². The highest BCUT2D eigenvalue weighted by molar-refractivity contribution is 6.32. The molecule has 0 radical (unpaired) electrons. The number of hydrogen-bond acceptors (Lipinski definition) is 3. The van der Waals surface area contributed by atoms with Gasteiger partial charge in [0.2, 0.25) is 0 Å². The van der Waals surface area contributed by atoms with E-state index in [2.05, 4.69) is 17.9 Å². The molecule has 3 nitrogen and oxygen atoms in total. The van der Waals surface area contributed by atoms with Gasteiger partial charge in [0.1, 0.15) is 6.07 Å². The first-order valence-corrected chi connectivity index (χ1v) is 6.81. The molecule has 0 heterocycles. The molecule has 0 aliphatic heterocycles. The van der Waals surface area contributed by atoms with Crippen LogP contribution in [0.3, 0.4) is 0 Å². The number of hydrogen-bond donors (Lipinski definition) is 1. The monoisotopic (exact) mass is 285 g/mol. The Labute approximate surface area is 124 Å². The SMILES string of the molecule is CCN(Cc1cccc(N)c1)c1ccc(C#N)c(Cl)c1. The van der Waals surface area contributed by atoms with E-state index in [1.54, 1.807) is 6.07 Å². The van der Waals surface area contributed by atoms with Crippen molar-refractivity contribution in [2.45, 2.75) is 13.5 Å². The Balaban J connectivity index is 2.24. The normalized spacial score (nSPS) is 10.1. The van der Waals surface area contributed by atoms with Crippen molar-refractivity contribution in [2.24, 2.45) is 0 Å². The summed E-state index contributed by atoms with van der Waals surface area (Å²) in [4.78, 5) is 2.18. The predicted molar refractivity (Wildman–Crippen MR) is 83.7 cm³/mol. The van der Waals surface area contributed by atoms with Crippen LogP contribution in [0.15, 0.2) is 42.5 Å². The van der Waals surface area contributed by atoms with E-state index in [-0.39, 0.29) is 0 Å². The molecule has 0 bridgehead atoms. The van der Waals surface area contributed by atoms with Gasteiger partial charge in [-0.3, -0.25) is 0 Å². The second-order valence-electron chi connectivity index (χ2n) is 4.54. The van der Waals surface area contributed by atoms with E-state index in [9.17, 15) is 0 Å². The maximum absolute atomic E-state index is 8.91. The molecule has 2 aromatic rings. The first kappa shape index (κ1) is 14.2. The van der Waals surface area contributed by atoms with Crippen molar-refractivity contribution >= 4 is 23.0 Å². The zero-order valence-electron chi connectivity index (χ0n) is 11.3. The largest absolute Gasteiger partial charge is 0.399 e. The first-order chi connectivity index (χ1) is 9.63. The number of nitriles is 1. The number of anilines is 2. The van der Waals surface area contributed by atoms with E-state index >= 15 is 0 Å². The topological polar surface area (TPSA) is 53.0 Å². The lowest BCUT2D eigenvalue weighted by atomic mass is 10.1. The van der Waals surface area contributed by atoms with E-state index in [1.807, 2.05) is 36.4 Å². The lowest BCUT2D eigenvalue weighted by Crippen LogP contribution is -2.22. The smallest absolute Gasteiger partial charge is 0.101 e. The molecule has 0 atom stereocenters. The highest BCUT2D eigenvalue weighted by Gasteiger charge is 2.08. The van der Waals surface area contributed by atoms with Crippen LogP contribution in [0.1, 0.15) is 18.1 Å². The van der Waals surface area contributed by atoms with Crippen molar-refractivity contribution in [3.63, 3.8) is 0 Å². The summed E-state index contributed by atoms with van der Waals surface area (Å²) >= 11 is 6.09. The molecule has 2 aromatic carbocycles. The minimum Gasteiger partial charge on any atom is -0.399 e. The van der Waals surface area contributed by atoms with Crippen molar-refractivity contribution in [3.05, 3.63) is 58.6 Å². The molecule has 2 N–H and O–H groups in total. The molecule has 4 heteroatoms. The van der Waals surface area contributed by atoms with Gasteiger partial charge in [-0.05, 0) is 42.8 Å². The molecule has 0 aliphatic rings. The van der Waals surface area contributed by atoms with Gasteiger partial charge in [0, 0.05) is 24.5 Å². The Morgan fingerprint density at radius 3 is 2.65 bits per heavy atom. The highest BCUT2D eigenvalue weighted by Crippen LogP contribution is 2.24. The molecule has 0 spiro atoms. The fourth-order valence-electron chi connectivity index (χ4n) is 2.09. The van der Waals surface area contributed by atoms with Gasteiger partial charge < -0.3 is 10.6 Å². The van der Waals surface area contributed by atoms with E-state index < -0.39 is 0 Å². The average molecular weight is 286 g/mol. The predicted octanol–water partition coefficient (Wildman–Crippen LogP) is 3.82. The van der Waals surface area contributed by atoms with Gasteiger partial charge in [0.25, 0.3) is 0 Å². The fourth-order valence-corrected chi connectivity index (χ4v) is 2.31. The minimum absolute atomic E-state index is 0.482. The summed E-state index contributed by atoms with van der Waals surface area (Å²) in [6, 6.07) is 15.4. The maximum atomic E-state index is 8.91. The van der Waals surface area contributed by atoms with Crippen LogP contribution < -0.4 is 10.6 Å². The van der Waals surface area contributed by atoms with Crippen molar-refractivity contribution < 1.29 is 0 Å². The molecular weight excluding hydrogens is 270 g/mol. The molecule has 20 heavy (non-hydrogen) atoms. The lowest BCUT2D eigenvalue weighted by Gasteiger charge is -2.23. The number of halogens is 1. The Kier molecular flexibility index (Phi) is 4.49. The van der Waals surface area contributed by atoms with Crippen LogP contribution in [-0.4, -0.2) is 6.54 Å². The summed E-state index contributed by atoms with van der Waals surface area (Å²) in [7, 11) is 0. The fraction of sp³-hybridized carbons (Fsp3) is 0.188. The number of nitrogens with two attached hydrogens (primary N) is 1.